The van der Waals surface area contributed by atoms with Gasteiger partial charge in [0.25, 0.3) is 0 Å². The van der Waals surface area contributed by atoms with Crippen molar-refractivity contribution in [1.29, 1.82) is 0 Å². The van der Waals surface area contributed by atoms with Gasteiger partial charge in [0.15, 0.2) is 0 Å². The van der Waals surface area contributed by atoms with Crippen molar-refractivity contribution in [2.75, 3.05) is 4.93 Å². The highest BCUT2D eigenvalue weighted by atomic mass is 127. The van der Waals surface area contributed by atoms with Gasteiger partial charge in [-0.1, -0.05) is 55.2 Å². The lowest BCUT2D eigenvalue weighted by molar-refractivity contribution is 0.612. The van der Waals surface area contributed by atoms with Crippen LogP contribution in [0.25, 0.3) is 0 Å². The van der Waals surface area contributed by atoms with Crippen molar-refractivity contribution in [2.45, 2.75) is 32.6 Å². The summed E-state index contributed by atoms with van der Waals surface area (Å²) in [7, 11) is 0. The van der Waals surface area contributed by atoms with Crippen LogP contribution in [-0.2, 0) is 0 Å². The third-order valence-electron chi connectivity index (χ3n) is 1.64. The van der Waals surface area contributed by atoms with E-state index in [1.54, 1.807) is 0 Å². The van der Waals surface area contributed by atoms with Gasteiger partial charge in [-0.15, -0.1) is 0 Å². The molecule has 50 valence electrons. The maximum atomic E-state index is 2.34. The SMILES string of the molecule is CC1CCCC1.CI. The summed E-state index contributed by atoms with van der Waals surface area (Å²) in [6.45, 7) is 2.34. The first kappa shape index (κ1) is 8.73. The van der Waals surface area contributed by atoms with Crippen LogP contribution >= 0.6 is 22.6 Å². The van der Waals surface area contributed by atoms with Crippen LogP contribution in [-0.4, -0.2) is 4.93 Å². The minimum Gasteiger partial charge on any atom is -0.0901 e. The molecule has 1 aliphatic rings. The molecule has 0 amide bonds. The number of rotatable bonds is 0. The first-order valence-corrected chi connectivity index (χ1v) is 5.43. The molecule has 0 saturated heterocycles. The topological polar surface area (TPSA) is 0 Å². The van der Waals surface area contributed by atoms with Crippen molar-refractivity contribution in [3.8, 4) is 0 Å². The molecular formula is C7H15I. The Morgan fingerprint density at radius 1 is 1.12 bits per heavy atom. The van der Waals surface area contributed by atoms with Gasteiger partial charge in [-0.3, -0.25) is 0 Å². The molecule has 1 aliphatic carbocycles. The lowest BCUT2D eigenvalue weighted by atomic mass is 10.2. The van der Waals surface area contributed by atoms with Gasteiger partial charge in [0.2, 0.25) is 0 Å². The monoisotopic (exact) mass is 226 g/mol. The van der Waals surface area contributed by atoms with Gasteiger partial charge in [0.1, 0.15) is 0 Å². The Morgan fingerprint density at radius 2 is 1.50 bits per heavy atom. The molecule has 8 heavy (non-hydrogen) atoms. The zero-order chi connectivity index (χ0) is 6.41. The highest BCUT2D eigenvalue weighted by molar-refractivity contribution is 14.1. The Kier molecular flexibility index (Phi) is 6.39. The summed E-state index contributed by atoms with van der Waals surface area (Å²) in [4.78, 5) is 1.97. The number of halogens is 1. The molecule has 0 N–H and O–H groups in total. The van der Waals surface area contributed by atoms with Gasteiger partial charge < -0.3 is 0 Å². The second-order valence-corrected chi connectivity index (χ2v) is 2.39. The Bertz CT molecular complexity index is 37.7. The molecule has 0 bridgehead atoms. The van der Waals surface area contributed by atoms with Crippen molar-refractivity contribution in [2.24, 2.45) is 5.92 Å². The van der Waals surface area contributed by atoms with Gasteiger partial charge in [-0.05, 0) is 10.8 Å². The summed E-state index contributed by atoms with van der Waals surface area (Å²) in [6.07, 6.45) is 5.95. The number of alkyl halides is 1. The lowest BCUT2D eigenvalue weighted by Crippen LogP contribution is -1.78. The van der Waals surface area contributed by atoms with Crippen LogP contribution in [0.1, 0.15) is 32.6 Å². The fourth-order valence-corrected chi connectivity index (χ4v) is 1.13. The van der Waals surface area contributed by atoms with E-state index in [1.807, 2.05) is 4.93 Å². The molecule has 1 fully saturated rings. The Morgan fingerprint density at radius 3 is 1.62 bits per heavy atom. The highest BCUT2D eigenvalue weighted by Crippen LogP contribution is 2.22. The molecule has 0 aromatic heterocycles. The Labute approximate surface area is 66.2 Å². The normalized spacial score (nSPS) is 19.9. The fraction of sp³-hybridized carbons (Fsp3) is 1.00. The summed E-state index contributed by atoms with van der Waals surface area (Å²) >= 11 is 2.15. The van der Waals surface area contributed by atoms with Gasteiger partial charge >= 0.3 is 0 Å². The van der Waals surface area contributed by atoms with Crippen molar-refractivity contribution in [3.63, 3.8) is 0 Å². The molecule has 1 heteroatoms. The predicted molar refractivity (Wildman–Crippen MR) is 47.6 cm³/mol. The predicted octanol–water partition coefficient (Wildman–Crippen LogP) is 3.25. The van der Waals surface area contributed by atoms with Gasteiger partial charge in [0.05, 0.1) is 0 Å². The van der Waals surface area contributed by atoms with Crippen LogP contribution < -0.4 is 0 Å². The van der Waals surface area contributed by atoms with Crippen LogP contribution in [0.2, 0.25) is 0 Å². The van der Waals surface area contributed by atoms with E-state index in [-0.39, 0.29) is 0 Å². The second-order valence-electron chi connectivity index (χ2n) is 2.39. The molecule has 0 aromatic rings. The molecule has 0 heterocycles. The number of hydrogen-bond donors (Lipinski definition) is 0. The van der Waals surface area contributed by atoms with E-state index in [2.05, 4.69) is 29.5 Å². The molecule has 0 atom stereocenters. The maximum Gasteiger partial charge on any atom is -0.0121 e. The van der Waals surface area contributed by atoms with E-state index in [1.165, 1.54) is 25.7 Å². The first-order chi connectivity index (χ1) is 3.89. The first-order valence-electron chi connectivity index (χ1n) is 3.27. The average Bonchev–Trinajstić information content (AvgIpc) is 2.24. The highest BCUT2D eigenvalue weighted by Gasteiger charge is 2.07. The minimum atomic E-state index is 1.05. The van der Waals surface area contributed by atoms with E-state index >= 15 is 0 Å². The van der Waals surface area contributed by atoms with Crippen LogP contribution in [0.5, 0.6) is 0 Å². The summed E-state index contributed by atoms with van der Waals surface area (Å²) < 4.78 is 0. The second kappa shape index (κ2) is 5.86. The van der Waals surface area contributed by atoms with Gasteiger partial charge in [0, 0.05) is 0 Å². The molecule has 0 radical (unpaired) electrons. The Hall–Kier alpha value is 0.730. The number of hydrogen-bond acceptors (Lipinski definition) is 0. The van der Waals surface area contributed by atoms with Crippen LogP contribution in [0, 0.1) is 5.92 Å². The van der Waals surface area contributed by atoms with E-state index < -0.39 is 0 Å². The van der Waals surface area contributed by atoms with Crippen molar-refractivity contribution in [3.05, 3.63) is 0 Å². The maximum absolute atomic E-state index is 2.34. The Balaban J connectivity index is 0.000000222. The third-order valence-corrected chi connectivity index (χ3v) is 1.64. The van der Waals surface area contributed by atoms with Crippen molar-refractivity contribution >= 4 is 22.6 Å². The molecule has 1 rings (SSSR count). The smallest absolute Gasteiger partial charge is 0.0121 e. The van der Waals surface area contributed by atoms with E-state index in [0.717, 1.165) is 5.92 Å². The summed E-state index contributed by atoms with van der Waals surface area (Å²) in [5.41, 5.74) is 0. The van der Waals surface area contributed by atoms with E-state index in [0.29, 0.717) is 0 Å². The summed E-state index contributed by atoms with van der Waals surface area (Å²) in [5.74, 6) is 1.05. The molecule has 0 aliphatic heterocycles. The largest absolute Gasteiger partial charge is 0.0901 e. The molecule has 1 saturated carbocycles. The van der Waals surface area contributed by atoms with Crippen molar-refractivity contribution in [1.82, 2.24) is 0 Å². The van der Waals surface area contributed by atoms with Gasteiger partial charge in [-0.2, -0.15) is 0 Å². The standard InChI is InChI=1S/C6H12.CH3I/c1-6-4-2-3-5-6;1-2/h6H,2-5H2,1H3;1H3. The molecule has 0 aromatic carbocycles. The van der Waals surface area contributed by atoms with Crippen LogP contribution in [0.15, 0.2) is 0 Å². The summed E-state index contributed by atoms with van der Waals surface area (Å²) in [6, 6.07) is 0. The fourth-order valence-electron chi connectivity index (χ4n) is 1.13. The molecular weight excluding hydrogens is 211 g/mol. The molecule has 0 unspecified atom stereocenters. The van der Waals surface area contributed by atoms with Gasteiger partial charge in [-0.25, -0.2) is 0 Å². The zero-order valence-corrected chi connectivity index (χ0v) is 7.94. The third kappa shape index (κ3) is 3.70. The van der Waals surface area contributed by atoms with E-state index in [9.17, 15) is 0 Å². The molecule has 0 nitrogen and oxygen atoms in total. The van der Waals surface area contributed by atoms with Crippen LogP contribution in [0.3, 0.4) is 0 Å². The quantitative estimate of drug-likeness (QED) is 0.439. The molecule has 0 spiro atoms. The lowest BCUT2D eigenvalue weighted by Gasteiger charge is -1.91. The van der Waals surface area contributed by atoms with Crippen molar-refractivity contribution < 1.29 is 0 Å². The minimum absolute atomic E-state index is 1.05. The van der Waals surface area contributed by atoms with Crippen LogP contribution in [0.4, 0.5) is 0 Å². The average molecular weight is 226 g/mol. The van der Waals surface area contributed by atoms with E-state index in [4.69, 9.17) is 0 Å². The zero-order valence-electron chi connectivity index (χ0n) is 5.78. The summed E-state index contributed by atoms with van der Waals surface area (Å²) in [5, 5.41) is 0.